The van der Waals surface area contributed by atoms with E-state index >= 15 is 0 Å². The number of hydrogen-bond acceptors (Lipinski definition) is 6. The molecule has 0 radical (unpaired) electrons. The molecule has 0 heterocycles. The third-order valence-corrected chi connectivity index (χ3v) is 11.6. The summed E-state index contributed by atoms with van der Waals surface area (Å²) in [5, 5.41) is 0. The molecule has 0 bridgehead atoms. The highest BCUT2D eigenvalue weighted by Crippen LogP contribution is 2.14. The number of carbonyl (C=O) groups is 3. The first-order chi connectivity index (χ1) is 35.0. The van der Waals surface area contributed by atoms with Gasteiger partial charge < -0.3 is 14.2 Å². The summed E-state index contributed by atoms with van der Waals surface area (Å²) in [4.78, 5) is 37.9. The Morgan fingerprint density at radius 1 is 0.296 bits per heavy atom. The van der Waals surface area contributed by atoms with Crippen molar-refractivity contribution < 1.29 is 28.6 Å². The first-order valence-corrected chi connectivity index (χ1v) is 28.7. The summed E-state index contributed by atoms with van der Waals surface area (Å²) in [5.74, 6) is -0.962. The van der Waals surface area contributed by atoms with Gasteiger partial charge in [-0.25, -0.2) is 0 Å². The van der Waals surface area contributed by atoms with Crippen LogP contribution in [0.2, 0.25) is 0 Å². The van der Waals surface area contributed by atoms with E-state index in [1.54, 1.807) is 0 Å². The lowest BCUT2D eigenvalue weighted by Crippen LogP contribution is -2.30. The fourth-order valence-electron chi connectivity index (χ4n) is 7.35. The SMILES string of the molecule is CC/C=C\C/C=C\C/C=C\C/C=C\C/C=C\C/C=C\C/C=C\C/C=C\C/C=C\C/C=C\CCCCC(=O)OCC(COC(=O)CCCCCCCCCCCC)OC(=O)CCCCCCC/C=C\CCC. The van der Waals surface area contributed by atoms with E-state index in [2.05, 4.69) is 154 Å². The molecule has 71 heavy (non-hydrogen) atoms. The molecule has 0 aromatic heterocycles. The van der Waals surface area contributed by atoms with Gasteiger partial charge in [-0.1, -0.05) is 238 Å². The van der Waals surface area contributed by atoms with Crippen LogP contribution in [0.25, 0.3) is 0 Å². The molecule has 0 rings (SSSR count). The molecule has 0 amide bonds. The van der Waals surface area contributed by atoms with Crippen LogP contribution in [0.5, 0.6) is 0 Å². The van der Waals surface area contributed by atoms with E-state index < -0.39 is 6.10 Å². The zero-order valence-electron chi connectivity index (χ0n) is 45.7. The molecule has 1 atom stereocenters. The third-order valence-electron chi connectivity index (χ3n) is 11.6. The van der Waals surface area contributed by atoms with Crippen LogP contribution in [0.15, 0.2) is 134 Å². The Morgan fingerprint density at radius 2 is 0.577 bits per heavy atom. The topological polar surface area (TPSA) is 78.9 Å². The van der Waals surface area contributed by atoms with Crippen LogP contribution in [-0.4, -0.2) is 37.2 Å². The van der Waals surface area contributed by atoms with Gasteiger partial charge >= 0.3 is 17.9 Å². The summed E-state index contributed by atoms with van der Waals surface area (Å²) in [6.07, 6.45) is 81.8. The normalized spacial score (nSPS) is 13.1. The van der Waals surface area contributed by atoms with Crippen LogP contribution in [0.3, 0.4) is 0 Å². The van der Waals surface area contributed by atoms with Crippen LogP contribution in [0.1, 0.15) is 239 Å². The molecular weight excluding hydrogens is 877 g/mol. The van der Waals surface area contributed by atoms with Crippen molar-refractivity contribution in [1.82, 2.24) is 0 Å². The summed E-state index contributed by atoms with van der Waals surface area (Å²) < 4.78 is 16.7. The minimum absolute atomic E-state index is 0.0969. The zero-order chi connectivity index (χ0) is 51.4. The van der Waals surface area contributed by atoms with Crippen LogP contribution in [-0.2, 0) is 28.6 Å². The second kappa shape index (κ2) is 58.1. The quantitative estimate of drug-likeness (QED) is 0.0262. The number of hydrogen-bond donors (Lipinski definition) is 0. The Labute approximate surface area is 436 Å². The van der Waals surface area contributed by atoms with Crippen molar-refractivity contribution >= 4 is 17.9 Å². The molecule has 0 spiro atoms. The molecule has 400 valence electrons. The van der Waals surface area contributed by atoms with E-state index in [-0.39, 0.29) is 31.1 Å². The van der Waals surface area contributed by atoms with Gasteiger partial charge in [-0.15, -0.1) is 0 Å². The Balaban J connectivity index is 4.26. The molecule has 0 fully saturated rings. The van der Waals surface area contributed by atoms with Crippen molar-refractivity contribution in [2.45, 2.75) is 245 Å². The van der Waals surface area contributed by atoms with Crippen LogP contribution in [0, 0.1) is 0 Å². The molecule has 0 saturated heterocycles. The van der Waals surface area contributed by atoms with Crippen LogP contribution >= 0.6 is 0 Å². The summed E-state index contributed by atoms with van der Waals surface area (Å²) in [6, 6.07) is 0. The van der Waals surface area contributed by atoms with Crippen molar-refractivity contribution in [3.05, 3.63) is 134 Å². The van der Waals surface area contributed by atoms with Gasteiger partial charge in [0.05, 0.1) is 0 Å². The van der Waals surface area contributed by atoms with E-state index in [1.165, 1.54) is 57.8 Å². The maximum Gasteiger partial charge on any atom is 0.306 e. The highest BCUT2D eigenvalue weighted by molar-refractivity contribution is 5.71. The van der Waals surface area contributed by atoms with Crippen molar-refractivity contribution in [3.8, 4) is 0 Å². The number of rotatable bonds is 50. The average Bonchev–Trinajstić information content (AvgIpc) is 3.37. The molecule has 6 nitrogen and oxygen atoms in total. The summed E-state index contributed by atoms with van der Waals surface area (Å²) in [7, 11) is 0. The predicted octanol–water partition coefficient (Wildman–Crippen LogP) is 19.4. The summed E-state index contributed by atoms with van der Waals surface area (Å²) >= 11 is 0. The van der Waals surface area contributed by atoms with E-state index in [0.29, 0.717) is 25.7 Å². The number of carbonyl (C=O) groups excluding carboxylic acids is 3. The molecule has 0 aromatic rings. The predicted molar refractivity (Wildman–Crippen MR) is 306 cm³/mol. The van der Waals surface area contributed by atoms with E-state index in [1.807, 2.05) is 0 Å². The second-order valence-corrected chi connectivity index (χ2v) is 18.5. The Bertz CT molecular complexity index is 1550. The Morgan fingerprint density at radius 3 is 0.958 bits per heavy atom. The molecule has 0 saturated carbocycles. The number of ether oxygens (including phenoxy) is 3. The zero-order valence-corrected chi connectivity index (χ0v) is 45.7. The molecule has 6 heteroatoms. The minimum Gasteiger partial charge on any atom is -0.462 e. The van der Waals surface area contributed by atoms with Gasteiger partial charge in [0.2, 0.25) is 0 Å². The highest BCUT2D eigenvalue weighted by atomic mass is 16.6. The smallest absolute Gasteiger partial charge is 0.306 e. The van der Waals surface area contributed by atoms with E-state index in [0.717, 1.165) is 135 Å². The summed E-state index contributed by atoms with van der Waals surface area (Å²) in [5.41, 5.74) is 0. The lowest BCUT2D eigenvalue weighted by molar-refractivity contribution is -0.167. The van der Waals surface area contributed by atoms with Gasteiger partial charge in [-0.3, -0.25) is 14.4 Å². The van der Waals surface area contributed by atoms with Crippen molar-refractivity contribution in [1.29, 1.82) is 0 Å². The Hall–Kier alpha value is -4.45. The largest absolute Gasteiger partial charge is 0.462 e. The van der Waals surface area contributed by atoms with Gasteiger partial charge in [-0.05, 0) is 116 Å². The number of esters is 3. The molecule has 0 N–H and O–H groups in total. The highest BCUT2D eigenvalue weighted by Gasteiger charge is 2.19. The van der Waals surface area contributed by atoms with Crippen molar-refractivity contribution in [3.63, 3.8) is 0 Å². The maximum absolute atomic E-state index is 12.7. The summed E-state index contributed by atoms with van der Waals surface area (Å²) in [6.45, 7) is 6.39. The first kappa shape index (κ1) is 66.6. The number of allylic oxidation sites excluding steroid dienone is 22. The molecule has 1 unspecified atom stereocenters. The molecule has 0 aliphatic heterocycles. The van der Waals surface area contributed by atoms with Gasteiger partial charge in [0, 0.05) is 19.3 Å². The number of unbranched alkanes of at least 4 members (excludes halogenated alkanes) is 17. The fourth-order valence-corrected chi connectivity index (χ4v) is 7.35. The standard InChI is InChI=1S/C65H104O6/c1-4-7-10-13-16-19-22-23-24-25-26-27-28-29-30-31-32-33-34-35-36-37-38-39-40-41-42-43-44-47-49-52-55-58-64(67)70-61-62(71-65(68)59-56-53-50-46-21-18-15-12-9-6-3)60-69-63(66)57-54-51-48-45-20-17-14-11-8-5-2/h7,10,12,15-16,19,23-24,26-27,29-30,32-33,35-36,38-39,41-42,44,47,62H,4-6,8-9,11,13-14,17-18,20-22,25,28,31,34,37,40,43,45-46,48-61H2,1-3H3/b10-7-,15-12-,19-16-,24-23-,27-26-,30-29-,33-32-,36-35-,39-38-,42-41-,47-44-. The monoisotopic (exact) mass is 981 g/mol. The second-order valence-electron chi connectivity index (χ2n) is 18.5. The van der Waals surface area contributed by atoms with Gasteiger partial charge in [-0.2, -0.15) is 0 Å². The van der Waals surface area contributed by atoms with Gasteiger partial charge in [0.1, 0.15) is 13.2 Å². The van der Waals surface area contributed by atoms with Crippen LogP contribution < -0.4 is 0 Å². The molecule has 0 aromatic carbocycles. The van der Waals surface area contributed by atoms with Crippen molar-refractivity contribution in [2.75, 3.05) is 13.2 Å². The lowest BCUT2D eigenvalue weighted by atomic mass is 10.1. The van der Waals surface area contributed by atoms with Gasteiger partial charge in [0.15, 0.2) is 6.10 Å². The van der Waals surface area contributed by atoms with Crippen LogP contribution in [0.4, 0.5) is 0 Å². The lowest BCUT2D eigenvalue weighted by Gasteiger charge is -2.18. The third kappa shape index (κ3) is 56.3. The average molecular weight is 982 g/mol. The van der Waals surface area contributed by atoms with Crippen molar-refractivity contribution in [2.24, 2.45) is 0 Å². The van der Waals surface area contributed by atoms with E-state index in [9.17, 15) is 14.4 Å². The molecule has 0 aliphatic rings. The fraction of sp³-hybridized carbons (Fsp3) is 0.615. The molecule has 0 aliphatic carbocycles. The van der Waals surface area contributed by atoms with E-state index in [4.69, 9.17) is 14.2 Å². The minimum atomic E-state index is -0.800. The van der Waals surface area contributed by atoms with Gasteiger partial charge in [0.25, 0.3) is 0 Å². The molecular formula is C65H104O6. The first-order valence-electron chi connectivity index (χ1n) is 28.7. The Kier molecular flexibility index (Phi) is 54.5. The maximum atomic E-state index is 12.7.